The van der Waals surface area contributed by atoms with Gasteiger partial charge in [-0.3, -0.25) is 0 Å². The number of aromatic nitrogens is 4. The number of rotatable bonds is 4. The van der Waals surface area contributed by atoms with E-state index in [1.807, 2.05) is 59.3 Å². The second-order valence-corrected chi connectivity index (χ2v) is 7.34. The predicted molar refractivity (Wildman–Crippen MR) is 114 cm³/mol. The van der Waals surface area contributed by atoms with Crippen molar-refractivity contribution < 1.29 is 4.74 Å². The molecule has 2 aromatic heterocycles. The molecule has 1 aliphatic carbocycles. The highest BCUT2D eigenvalue weighted by atomic mass is 16.5. The van der Waals surface area contributed by atoms with E-state index in [0.29, 0.717) is 17.5 Å². The smallest absolute Gasteiger partial charge is 0.224 e. The number of ether oxygens (including phenoxy) is 1. The van der Waals surface area contributed by atoms with Crippen LogP contribution in [0.5, 0.6) is 11.5 Å². The summed E-state index contributed by atoms with van der Waals surface area (Å²) >= 11 is 0. The molecule has 2 aromatic carbocycles. The molecule has 4 aromatic rings. The Hall–Kier alpha value is -3.61. The highest BCUT2D eigenvalue weighted by molar-refractivity contribution is 5.99. The summed E-state index contributed by atoms with van der Waals surface area (Å²) in [7, 11) is 0. The summed E-state index contributed by atoms with van der Waals surface area (Å²) in [6, 6.07) is 17.8. The lowest BCUT2D eigenvalue weighted by Crippen LogP contribution is -2.09. The van der Waals surface area contributed by atoms with Crippen molar-refractivity contribution in [2.45, 2.75) is 31.7 Å². The molecule has 5 rings (SSSR count). The Kier molecular flexibility index (Phi) is 4.27. The van der Waals surface area contributed by atoms with Gasteiger partial charge in [0.05, 0.1) is 11.4 Å². The second kappa shape index (κ2) is 7.09. The van der Waals surface area contributed by atoms with Gasteiger partial charge in [-0.1, -0.05) is 31.0 Å². The molecule has 0 amide bonds. The number of fused-ring (bicyclic) bond motifs is 1. The zero-order chi connectivity index (χ0) is 19.8. The largest absolute Gasteiger partial charge is 0.457 e. The van der Waals surface area contributed by atoms with Crippen LogP contribution in [0, 0.1) is 0 Å². The molecular weight excluding hydrogens is 364 g/mol. The molecule has 1 saturated carbocycles. The molecular formula is C22H22N6O. The van der Waals surface area contributed by atoms with E-state index in [2.05, 4.69) is 9.97 Å². The Balaban J connectivity index is 1.56. The number of para-hydroxylation sites is 1. The fraction of sp³-hybridized carbons (Fsp3) is 0.227. The number of nitrogen functional groups attached to an aromatic ring is 2. The molecule has 7 nitrogen and oxygen atoms in total. The van der Waals surface area contributed by atoms with Crippen molar-refractivity contribution in [3.63, 3.8) is 0 Å². The van der Waals surface area contributed by atoms with Crippen LogP contribution < -0.4 is 16.2 Å². The fourth-order valence-corrected chi connectivity index (χ4v) is 3.99. The maximum absolute atomic E-state index is 6.23. The van der Waals surface area contributed by atoms with Crippen LogP contribution in [0.4, 0.5) is 11.8 Å². The summed E-state index contributed by atoms with van der Waals surface area (Å²) in [5.74, 6) is 2.08. The first kappa shape index (κ1) is 17.5. The van der Waals surface area contributed by atoms with Crippen molar-refractivity contribution >= 4 is 22.8 Å². The van der Waals surface area contributed by atoms with Gasteiger partial charge >= 0.3 is 0 Å². The molecule has 2 heterocycles. The Morgan fingerprint density at radius 2 is 1.55 bits per heavy atom. The van der Waals surface area contributed by atoms with Gasteiger partial charge in [-0.05, 0) is 49.2 Å². The molecule has 1 fully saturated rings. The van der Waals surface area contributed by atoms with Crippen LogP contribution in [0.25, 0.3) is 22.3 Å². The summed E-state index contributed by atoms with van der Waals surface area (Å²) in [5, 5.41) is 5.65. The van der Waals surface area contributed by atoms with Crippen molar-refractivity contribution in [3.8, 4) is 22.8 Å². The number of anilines is 2. The van der Waals surface area contributed by atoms with Gasteiger partial charge in [0, 0.05) is 5.56 Å². The molecule has 4 N–H and O–H groups in total. The molecule has 146 valence electrons. The molecule has 0 bridgehead atoms. The zero-order valence-corrected chi connectivity index (χ0v) is 16.0. The highest BCUT2D eigenvalue weighted by Crippen LogP contribution is 2.37. The van der Waals surface area contributed by atoms with Crippen molar-refractivity contribution in [2.75, 3.05) is 11.5 Å². The number of hydrogen-bond acceptors (Lipinski definition) is 6. The van der Waals surface area contributed by atoms with E-state index in [1.54, 1.807) is 0 Å². The standard InChI is InChI=1S/C22H22N6O/c23-20-18-19(14-10-12-17(13-11-14)29-16-8-2-1-3-9-16)27-28(15-6-4-5-7-15)21(18)26-22(24)25-20/h1-3,8-13,15H,4-7H2,(H4,23,24,25,26). The lowest BCUT2D eigenvalue weighted by atomic mass is 10.1. The number of nitrogens with zero attached hydrogens (tertiary/aromatic N) is 4. The van der Waals surface area contributed by atoms with E-state index in [-0.39, 0.29) is 5.95 Å². The maximum Gasteiger partial charge on any atom is 0.224 e. The van der Waals surface area contributed by atoms with Crippen LogP contribution in [0.2, 0.25) is 0 Å². The zero-order valence-electron chi connectivity index (χ0n) is 16.0. The quantitative estimate of drug-likeness (QED) is 0.532. The average Bonchev–Trinajstić information content (AvgIpc) is 3.37. The second-order valence-electron chi connectivity index (χ2n) is 7.34. The first-order valence-corrected chi connectivity index (χ1v) is 9.83. The third-order valence-corrected chi connectivity index (χ3v) is 5.37. The van der Waals surface area contributed by atoms with Crippen LogP contribution in [-0.4, -0.2) is 19.7 Å². The fourth-order valence-electron chi connectivity index (χ4n) is 3.99. The molecule has 29 heavy (non-hydrogen) atoms. The summed E-state index contributed by atoms with van der Waals surface area (Å²) in [4.78, 5) is 8.63. The average molecular weight is 386 g/mol. The molecule has 1 aliphatic rings. The molecule has 7 heteroatoms. The van der Waals surface area contributed by atoms with Crippen LogP contribution >= 0.6 is 0 Å². The van der Waals surface area contributed by atoms with E-state index < -0.39 is 0 Å². The van der Waals surface area contributed by atoms with E-state index in [9.17, 15) is 0 Å². The minimum absolute atomic E-state index is 0.173. The highest BCUT2D eigenvalue weighted by Gasteiger charge is 2.25. The minimum Gasteiger partial charge on any atom is -0.457 e. The monoisotopic (exact) mass is 386 g/mol. The third kappa shape index (κ3) is 3.24. The van der Waals surface area contributed by atoms with Gasteiger partial charge in [-0.2, -0.15) is 15.1 Å². The van der Waals surface area contributed by atoms with Crippen LogP contribution in [0.1, 0.15) is 31.7 Å². The molecule has 0 aliphatic heterocycles. The Labute approximate surface area is 168 Å². The lowest BCUT2D eigenvalue weighted by molar-refractivity contribution is 0.479. The van der Waals surface area contributed by atoms with Crippen LogP contribution in [-0.2, 0) is 0 Å². The van der Waals surface area contributed by atoms with Crippen LogP contribution in [0.15, 0.2) is 54.6 Å². The summed E-state index contributed by atoms with van der Waals surface area (Å²) in [6.45, 7) is 0. The van der Waals surface area contributed by atoms with Gasteiger partial charge in [0.1, 0.15) is 23.0 Å². The Morgan fingerprint density at radius 3 is 2.28 bits per heavy atom. The first-order chi connectivity index (χ1) is 14.2. The summed E-state index contributed by atoms with van der Waals surface area (Å²) < 4.78 is 7.88. The number of hydrogen-bond donors (Lipinski definition) is 2. The van der Waals surface area contributed by atoms with Crippen molar-refractivity contribution in [1.82, 2.24) is 19.7 Å². The van der Waals surface area contributed by atoms with Gasteiger partial charge < -0.3 is 16.2 Å². The van der Waals surface area contributed by atoms with E-state index in [4.69, 9.17) is 21.3 Å². The number of benzene rings is 2. The van der Waals surface area contributed by atoms with Gasteiger partial charge in [0.2, 0.25) is 5.95 Å². The topological polar surface area (TPSA) is 105 Å². The van der Waals surface area contributed by atoms with Gasteiger partial charge in [0.15, 0.2) is 5.65 Å². The van der Waals surface area contributed by atoms with Gasteiger partial charge in [-0.15, -0.1) is 0 Å². The van der Waals surface area contributed by atoms with Gasteiger partial charge in [0.25, 0.3) is 0 Å². The minimum atomic E-state index is 0.173. The molecule has 0 radical (unpaired) electrons. The number of nitrogens with two attached hydrogens (primary N) is 2. The predicted octanol–water partition coefficient (Wildman–Crippen LogP) is 4.57. The molecule has 0 spiro atoms. The normalized spacial score (nSPS) is 14.5. The molecule has 0 atom stereocenters. The third-order valence-electron chi connectivity index (χ3n) is 5.37. The first-order valence-electron chi connectivity index (χ1n) is 9.83. The van der Waals surface area contributed by atoms with Crippen LogP contribution in [0.3, 0.4) is 0 Å². The van der Waals surface area contributed by atoms with Crippen molar-refractivity contribution in [1.29, 1.82) is 0 Å². The van der Waals surface area contributed by atoms with E-state index in [1.165, 1.54) is 12.8 Å². The Bertz CT molecular complexity index is 1150. The molecule has 0 unspecified atom stereocenters. The SMILES string of the molecule is Nc1nc(N)c2c(-c3ccc(Oc4ccccc4)cc3)nn(C3CCCC3)c2n1. The van der Waals surface area contributed by atoms with E-state index >= 15 is 0 Å². The Morgan fingerprint density at radius 1 is 0.862 bits per heavy atom. The molecule has 0 saturated heterocycles. The van der Waals surface area contributed by atoms with Gasteiger partial charge in [-0.25, -0.2) is 4.68 Å². The van der Waals surface area contributed by atoms with Crippen molar-refractivity contribution in [2.24, 2.45) is 0 Å². The summed E-state index contributed by atoms with van der Waals surface area (Å²) in [6.07, 6.45) is 4.57. The summed E-state index contributed by atoms with van der Waals surface area (Å²) in [5.41, 5.74) is 14.5. The van der Waals surface area contributed by atoms with Crippen molar-refractivity contribution in [3.05, 3.63) is 54.6 Å². The maximum atomic E-state index is 6.23. The lowest BCUT2D eigenvalue weighted by Gasteiger charge is -2.10. The van der Waals surface area contributed by atoms with E-state index in [0.717, 1.165) is 41.0 Å².